The lowest BCUT2D eigenvalue weighted by Crippen LogP contribution is -2.00. The Morgan fingerprint density at radius 1 is 0.759 bits per heavy atom. The molecule has 29 heavy (non-hydrogen) atoms. The molecule has 0 spiro atoms. The van der Waals surface area contributed by atoms with Crippen LogP contribution in [0.2, 0.25) is 0 Å². The molecule has 2 aromatic heterocycles. The average Bonchev–Trinajstić information content (AvgIpc) is 3.35. The molecule has 2 heterocycles. The highest BCUT2D eigenvalue weighted by Crippen LogP contribution is 2.27. The first-order chi connectivity index (χ1) is 14.2. The molecule has 0 saturated carbocycles. The van der Waals surface area contributed by atoms with Gasteiger partial charge >= 0.3 is 11.6 Å². The quantitative estimate of drug-likeness (QED) is 0.456. The fraction of sp³-hybridized carbons (Fsp3) is 0.222. The standard InChI is InChI=1S/2C9H9NO2S.O2S/c2*11-5-6-12-9-10-7-3-1-2-4-8(7)13-9;1-3-2/h2*1-4,11H,5-6H2;. The number of thiazole rings is 2. The van der Waals surface area contributed by atoms with E-state index in [1.165, 1.54) is 22.7 Å². The number of aliphatic hydroxyl groups is 2. The van der Waals surface area contributed by atoms with E-state index in [0.717, 1.165) is 20.4 Å². The number of ether oxygens (including phenoxy) is 2. The largest absolute Gasteiger partial charge is 0.468 e. The highest BCUT2D eigenvalue weighted by molar-refractivity contribution is 7.51. The Labute approximate surface area is 178 Å². The molecule has 0 aliphatic rings. The highest BCUT2D eigenvalue weighted by Gasteiger charge is 2.03. The van der Waals surface area contributed by atoms with Crippen LogP contribution in [0.15, 0.2) is 48.5 Å². The Kier molecular flexibility index (Phi) is 10.2. The third-order valence-electron chi connectivity index (χ3n) is 3.18. The number of aromatic nitrogens is 2. The zero-order chi connectivity index (χ0) is 20.9. The summed E-state index contributed by atoms with van der Waals surface area (Å²) in [6, 6.07) is 15.7. The lowest BCUT2D eigenvalue weighted by Gasteiger charge is -1.95. The second kappa shape index (κ2) is 12.9. The van der Waals surface area contributed by atoms with E-state index < -0.39 is 11.6 Å². The molecule has 4 aromatic rings. The molecule has 0 saturated heterocycles. The molecule has 0 bridgehead atoms. The van der Waals surface area contributed by atoms with Gasteiger partial charge in [0.1, 0.15) is 13.2 Å². The Bertz CT molecular complexity index is 902. The molecule has 154 valence electrons. The van der Waals surface area contributed by atoms with Crippen molar-refractivity contribution in [2.24, 2.45) is 0 Å². The van der Waals surface area contributed by atoms with Gasteiger partial charge in [-0.3, -0.25) is 0 Å². The maximum absolute atomic E-state index is 8.55. The number of benzene rings is 2. The Balaban J connectivity index is 0.000000183. The van der Waals surface area contributed by atoms with Crippen molar-refractivity contribution in [3.05, 3.63) is 48.5 Å². The Hall–Kier alpha value is -2.44. The smallest absolute Gasteiger partial charge is 0.335 e. The van der Waals surface area contributed by atoms with Gasteiger partial charge in [0.05, 0.1) is 33.6 Å². The van der Waals surface area contributed by atoms with Gasteiger partial charge in [-0.2, -0.15) is 8.42 Å². The van der Waals surface area contributed by atoms with Gasteiger partial charge in [-0.15, -0.1) is 0 Å². The number of hydrogen-bond donors (Lipinski definition) is 2. The molecular formula is C18H18N2O6S3. The molecular weight excluding hydrogens is 436 g/mol. The van der Waals surface area contributed by atoms with Gasteiger partial charge in [0.2, 0.25) is 0 Å². The van der Waals surface area contributed by atoms with Crippen LogP contribution >= 0.6 is 22.7 Å². The molecule has 2 N–H and O–H groups in total. The molecule has 0 unspecified atom stereocenters. The van der Waals surface area contributed by atoms with Gasteiger partial charge < -0.3 is 19.7 Å². The van der Waals surface area contributed by atoms with Gasteiger partial charge in [-0.05, 0) is 24.3 Å². The van der Waals surface area contributed by atoms with Crippen LogP contribution in [0, 0.1) is 0 Å². The summed E-state index contributed by atoms with van der Waals surface area (Å²) in [5, 5.41) is 18.3. The predicted molar refractivity (Wildman–Crippen MR) is 113 cm³/mol. The lowest BCUT2D eigenvalue weighted by molar-refractivity contribution is 0.201. The maximum atomic E-state index is 8.55. The predicted octanol–water partition coefficient (Wildman–Crippen LogP) is 2.66. The minimum atomic E-state index is -0.750. The first kappa shape index (κ1) is 22.8. The van der Waals surface area contributed by atoms with Crippen LogP contribution in [0.25, 0.3) is 20.4 Å². The molecule has 0 atom stereocenters. The van der Waals surface area contributed by atoms with E-state index >= 15 is 0 Å². The van der Waals surface area contributed by atoms with Crippen LogP contribution in [-0.2, 0) is 11.6 Å². The van der Waals surface area contributed by atoms with E-state index in [9.17, 15) is 0 Å². The van der Waals surface area contributed by atoms with E-state index in [1.54, 1.807) is 0 Å². The molecule has 11 heteroatoms. The number of rotatable bonds is 6. The maximum Gasteiger partial charge on any atom is 0.335 e. The van der Waals surface area contributed by atoms with Crippen LogP contribution < -0.4 is 9.47 Å². The number of aliphatic hydroxyl groups excluding tert-OH is 2. The zero-order valence-corrected chi connectivity index (χ0v) is 17.5. The summed E-state index contributed by atoms with van der Waals surface area (Å²) >= 11 is 2.24. The number of nitrogens with zero attached hydrogens (tertiary/aromatic N) is 2. The molecule has 0 radical (unpaired) electrons. The van der Waals surface area contributed by atoms with Crippen molar-refractivity contribution in [1.29, 1.82) is 0 Å². The van der Waals surface area contributed by atoms with Crippen LogP contribution in [0.4, 0.5) is 0 Å². The number of hydrogen-bond acceptors (Lipinski definition) is 10. The molecule has 4 rings (SSSR count). The van der Waals surface area contributed by atoms with Gasteiger partial charge in [-0.25, -0.2) is 9.97 Å². The monoisotopic (exact) mass is 454 g/mol. The average molecular weight is 455 g/mol. The second-order valence-corrected chi connectivity index (χ2v) is 7.23. The van der Waals surface area contributed by atoms with E-state index in [-0.39, 0.29) is 13.2 Å². The minimum Gasteiger partial charge on any atom is -0.468 e. The number of para-hydroxylation sites is 2. The second-order valence-electron chi connectivity index (χ2n) is 5.11. The minimum absolute atomic E-state index is 0.0237. The van der Waals surface area contributed by atoms with Gasteiger partial charge in [-0.1, -0.05) is 46.9 Å². The fourth-order valence-electron chi connectivity index (χ4n) is 2.09. The summed E-state index contributed by atoms with van der Waals surface area (Å²) in [5.74, 6) is 0. The lowest BCUT2D eigenvalue weighted by atomic mass is 10.3. The fourth-order valence-corrected chi connectivity index (χ4v) is 3.77. The first-order valence-corrected chi connectivity index (χ1v) is 10.6. The molecule has 8 nitrogen and oxygen atoms in total. The first-order valence-electron chi connectivity index (χ1n) is 8.32. The molecule has 0 amide bonds. The molecule has 2 aromatic carbocycles. The van der Waals surface area contributed by atoms with E-state index in [4.69, 9.17) is 28.1 Å². The van der Waals surface area contributed by atoms with E-state index in [0.29, 0.717) is 23.6 Å². The van der Waals surface area contributed by atoms with Crippen LogP contribution in [0.1, 0.15) is 0 Å². The van der Waals surface area contributed by atoms with Crippen molar-refractivity contribution in [1.82, 2.24) is 9.97 Å². The summed E-state index contributed by atoms with van der Waals surface area (Å²) < 4.78 is 29.2. The summed E-state index contributed by atoms with van der Waals surface area (Å²) in [5.41, 5.74) is 1.89. The molecule has 0 aliphatic heterocycles. The van der Waals surface area contributed by atoms with E-state index in [1.807, 2.05) is 48.5 Å². The van der Waals surface area contributed by atoms with E-state index in [2.05, 4.69) is 9.97 Å². The van der Waals surface area contributed by atoms with Crippen LogP contribution in [-0.4, -0.2) is 55.0 Å². The van der Waals surface area contributed by atoms with Crippen molar-refractivity contribution >= 4 is 54.7 Å². The van der Waals surface area contributed by atoms with Crippen LogP contribution in [0.3, 0.4) is 0 Å². The van der Waals surface area contributed by atoms with Gasteiger partial charge in [0.25, 0.3) is 10.4 Å². The van der Waals surface area contributed by atoms with Crippen molar-refractivity contribution in [3.8, 4) is 10.4 Å². The van der Waals surface area contributed by atoms with Crippen molar-refractivity contribution in [3.63, 3.8) is 0 Å². The SMILES string of the molecule is O=S=O.OCCOc1nc2ccccc2s1.OCCOc1nc2ccccc2s1. The van der Waals surface area contributed by atoms with Crippen LogP contribution in [0.5, 0.6) is 10.4 Å². The third kappa shape index (κ3) is 7.48. The zero-order valence-electron chi connectivity index (χ0n) is 15.1. The topological polar surface area (TPSA) is 119 Å². The number of fused-ring (bicyclic) bond motifs is 2. The summed E-state index contributed by atoms with van der Waals surface area (Å²) in [4.78, 5) is 8.47. The Morgan fingerprint density at radius 3 is 1.48 bits per heavy atom. The van der Waals surface area contributed by atoms with Gasteiger partial charge in [0, 0.05) is 0 Å². The molecule has 0 aliphatic carbocycles. The highest BCUT2D eigenvalue weighted by atomic mass is 32.1. The third-order valence-corrected chi connectivity index (χ3v) is 5.08. The summed E-state index contributed by atoms with van der Waals surface area (Å²) in [6.45, 7) is 0.658. The van der Waals surface area contributed by atoms with Crippen molar-refractivity contribution < 1.29 is 28.1 Å². The summed E-state index contributed by atoms with van der Waals surface area (Å²) in [7, 11) is 0. The van der Waals surface area contributed by atoms with Crippen molar-refractivity contribution in [2.75, 3.05) is 26.4 Å². The van der Waals surface area contributed by atoms with Crippen molar-refractivity contribution in [2.45, 2.75) is 0 Å². The molecule has 0 fully saturated rings. The van der Waals surface area contributed by atoms with Gasteiger partial charge in [0.15, 0.2) is 0 Å². The summed E-state index contributed by atoms with van der Waals surface area (Å²) in [6.07, 6.45) is 0. The Morgan fingerprint density at radius 2 is 1.14 bits per heavy atom. The normalized spacial score (nSPS) is 9.86.